The highest BCUT2D eigenvalue weighted by atomic mass is 32.2. The van der Waals surface area contributed by atoms with E-state index in [-0.39, 0.29) is 24.0 Å². The predicted molar refractivity (Wildman–Crippen MR) is 115 cm³/mol. The monoisotopic (exact) mass is 414 g/mol. The Morgan fingerprint density at radius 2 is 1.89 bits per heavy atom. The SMILES string of the molecule is COc1ccc(N2O[C@@H](C)[C@H](C(=O)N3CCSC3=S)[C@@H]2c2ccccc2)cc1. The fourth-order valence-corrected chi connectivity index (χ4v) is 4.98. The predicted octanol–water partition coefficient (Wildman–Crippen LogP) is 4.05. The van der Waals surface area contributed by atoms with Gasteiger partial charge in [0.1, 0.15) is 10.1 Å². The van der Waals surface area contributed by atoms with Gasteiger partial charge in [-0.2, -0.15) is 0 Å². The summed E-state index contributed by atoms with van der Waals surface area (Å²) in [6.45, 7) is 2.61. The Morgan fingerprint density at radius 3 is 2.50 bits per heavy atom. The number of methoxy groups -OCH3 is 1. The molecule has 2 aromatic rings. The summed E-state index contributed by atoms with van der Waals surface area (Å²) in [5, 5.41) is 1.86. The van der Waals surface area contributed by atoms with E-state index in [0.717, 1.165) is 22.8 Å². The van der Waals surface area contributed by atoms with E-state index in [1.807, 2.05) is 66.6 Å². The normalized spacial score (nSPS) is 24.6. The van der Waals surface area contributed by atoms with Gasteiger partial charge in [-0.25, -0.2) is 5.06 Å². The van der Waals surface area contributed by atoms with Crippen LogP contribution in [0.15, 0.2) is 54.6 Å². The van der Waals surface area contributed by atoms with Crippen LogP contribution in [0.3, 0.4) is 0 Å². The van der Waals surface area contributed by atoms with Gasteiger partial charge in [-0.3, -0.25) is 14.5 Å². The highest BCUT2D eigenvalue weighted by Crippen LogP contribution is 2.44. The van der Waals surface area contributed by atoms with Crippen molar-refractivity contribution in [1.82, 2.24) is 4.90 Å². The molecule has 0 radical (unpaired) electrons. The molecule has 0 aromatic heterocycles. The van der Waals surface area contributed by atoms with Crippen molar-refractivity contribution in [2.24, 2.45) is 5.92 Å². The van der Waals surface area contributed by atoms with Gasteiger partial charge in [0, 0.05) is 12.3 Å². The van der Waals surface area contributed by atoms with Crippen LogP contribution in [0, 0.1) is 5.92 Å². The molecule has 1 amide bonds. The summed E-state index contributed by atoms with van der Waals surface area (Å²) < 4.78 is 5.93. The van der Waals surface area contributed by atoms with Crippen molar-refractivity contribution in [2.75, 3.05) is 24.5 Å². The number of thioether (sulfide) groups is 1. The number of thiocarbonyl (C=S) groups is 1. The van der Waals surface area contributed by atoms with Gasteiger partial charge in [-0.05, 0) is 36.8 Å². The molecule has 2 aliphatic rings. The Labute approximate surface area is 174 Å². The van der Waals surface area contributed by atoms with Crippen LogP contribution in [-0.4, -0.2) is 40.6 Å². The van der Waals surface area contributed by atoms with Gasteiger partial charge in [0.05, 0.1) is 30.9 Å². The molecule has 2 heterocycles. The summed E-state index contributed by atoms with van der Waals surface area (Å²) >= 11 is 6.96. The van der Waals surface area contributed by atoms with Crippen LogP contribution in [0.25, 0.3) is 0 Å². The first-order valence-electron chi connectivity index (χ1n) is 9.23. The summed E-state index contributed by atoms with van der Waals surface area (Å²) in [7, 11) is 1.64. The largest absolute Gasteiger partial charge is 0.497 e. The first-order valence-corrected chi connectivity index (χ1v) is 10.6. The molecule has 2 saturated heterocycles. The van der Waals surface area contributed by atoms with Crippen molar-refractivity contribution in [1.29, 1.82) is 0 Å². The standard InChI is InChI=1S/C21H22N2O3S2/c1-14-18(20(24)22-12-13-28-21(22)27)19(15-6-4-3-5-7-15)23(26-14)16-8-10-17(25-2)11-9-16/h3-11,14,18-19H,12-13H2,1-2H3/t14-,18-,19-/m0/s1. The van der Waals surface area contributed by atoms with E-state index in [1.54, 1.807) is 23.8 Å². The minimum Gasteiger partial charge on any atom is -0.497 e. The fraction of sp³-hybridized carbons (Fsp3) is 0.333. The first-order chi connectivity index (χ1) is 13.6. The summed E-state index contributed by atoms with van der Waals surface area (Å²) in [4.78, 5) is 21.4. The van der Waals surface area contributed by atoms with E-state index in [0.29, 0.717) is 10.9 Å². The average Bonchev–Trinajstić information content (AvgIpc) is 3.31. The van der Waals surface area contributed by atoms with Crippen LogP contribution >= 0.6 is 24.0 Å². The molecule has 28 heavy (non-hydrogen) atoms. The molecule has 0 N–H and O–H groups in total. The molecule has 7 heteroatoms. The Balaban J connectivity index is 1.72. The third kappa shape index (κ3) is 3.50. The third-order valence-corrected chi connectivity index (χ3v) is 6.59. The molecule has 4 rings (SSSR count). The number of benzene rings is 2. The van der Waals surface area contributed by atoms with Crippen molar-refractivity contribution in [3.63, 3.8) is 0 Å². The Morgan fingerprint density at radius 1 is 1.18 bits per heavy atom. The number of anilines is 1. The number of carbonyl (C=O) groups is 1. The molecule has 0 saturated carbocycles. The quantitative estimate of drug-likeness (QED) is 0.703. The molecule has 2 aliphatic heterocycles. The number of hydrogen-bond donors (Lipinski definition) is 0. The van der Waals surface area contributed by atoms with Crippen molar-refractivity contribution in [2.45, 2.75) is 19.1 Å². The van der Waals surface area contributed by atoms with Gasteiger partial charge >= 0.3 is 0 Å². The second-order valence-electron chi connectivity index (χ2n) is 6.82. The van der Waals surface area contributed by atoms with Gasteiger partial charge in [-0.1, -0.05) is 54.3 Å². The molecule has 2 fully saturated rings. The van der Waals surface area contributed by atoms with Gasteiger partial charge < -0.3 is 4.74 Å². The minimum absolute atomic E-state index is 0.0346. The highest BCUT2D eigenvalue weighted by molar-refractivity contribution is 8.23. The van der Waals surface area contributed by atoms with E-state index in [2.05, 4.69) is 0 Å². The molecule has 146 valence electrons. The number of carbonyl (C=O) groups excluding carboxylic acids is 1. The maximum Gasteiger partial charge on any atom is 0.236 e. The Kier molecular flexibility index (Phi) is 5.57. The van der Waals surface area contributed by atoms with Crippen molar-refractivity contribution < 1.29 is 14.4 Å². The highest BCUT2D eigenvalue weighted by Gasteiger charge is 2.48. The zero-order chi connectivity index (χ0) is 19.7. The van der Waals surface area contributed by atoms with Gasteiger partial charge in [-0.15, -0.1) is 0 Å². The first kappa shape index (κ1) is 19.2. The molecule has 0 bridgehead atoms. The minimum atomic E-state index is -0.346. The number of nitrogens with zero attached hydrogens (tertiary/aromatic N) is 2. The second-order valence-corrected chi connectivity index (χ2v) is 8.55. The molecule has 0 spiro atoms. The van der Waals surface area contributed by atoms with Gasteiger partial charge in [0.2, 0.25) is 5.91 Å². The van der Waals surface area contributed by atoms with E-state index < -0.39 is 0 Å². The fourth-order valence-electron chi connectivity index (χ4n) is 3.77. The lowest BCUT2D eigenvalue weighted by Crippen LogP contribution is -2.41. The van der Waals surface area contributed by atoms with E-state index in [1.165, 1.54) is 0 Å². The topological polar surface area (TPSA) is 42.0 Å². The van der Waals surface area contributed by atoms with Gasteiger partial charge in [0.15, 0.2) is 0 Å². The Hall–Kier alpha value is -2.09. The van der Waals surface area contributed by atoms with Crippen molar-refractivity contribution in [3.8, 4) is 5.75 Å². The second kappa shape index (κ2) is 8.11. The van der Waals surface area contributed by atoms with Crippen LogP contribution in [0.4, 0.5) is 5.69 Å². The van der Waals surface area contributed by atoms with Crippen molar-refractivity contribution >= 4 is 39.9 Å². The lowest BCUT2D eigenvalue weighted by atomic mass is 9.88. The molecule has 3 atom stereocenters. The van der Waals surface area contributed by atoms with E-state index in [4.69, 9.17) is 21.8 Å². The van der Waals surface area contributed by atoms with E-state index in [9.17, 15) is 4.79 Å². The number of rotatable bonds is 4. The molecule has 0 unspecified atom stereocenters. The van der Waals surface area contributed by atoms with Crippen LogP contribution in [0.1, 0.15) is 18.5 Å². The summed E-state index contributed by atoms with van der Waals surface area (Å²) in [5.41, 5.74) is 1.92. The Bertz CT molecular complexity index is 860. The average molecular weight is 415 g/mol. The molecule has 0 aliphatic carbocycles. The molecule has 2 aromatic carbocycles. The molecular formula is C21H22N2O3S2. The lowest BCUT2D eigenvalue weighted by molar-refractivity contribution is -0.132. The summed E-state index contributed by atoms with van der Waals surface area (Å²) in [6, 6.07) is 17.5. The van der Waals surface area contributed by atoms with Crippen molar-refractivity contribution in [3.05, 3.63) is 60.2 Å². The van der Waals surface area contributed by atoms with Crippen LogP contribution in [-0.2, 0) is 9.63 Å². The van der Waals surface area contributed by atoms with Crippen LogP contribution < -0.4 is 9.80 Å². The smallest absolute Gasteiger partial charge is 0.236 e. The summed E-state index contributed by atoms with van der Waals surface area (Å²) in [5.74, 6) is 1.32. The maximum absolute atomic E-state index is 13.4. The number of hydroxylamine groups is 1. The van der Waals surface area contributed by atoms with Crippen LogP contribution in [0.5, 0.6) is 5.75 Å². The lowest BCUT2D eigenvalue weighted by Gasteiger charge is -2.29. The molecular weight excluding hydrogens is 392 g/mol. The zero-order valence-electron chi connectivity index (χ0n) is 15.8. The van der Waals surface area contributed by atoms with Gasteiger partial charge in [0.25, 0.3) is 0 Å². The maximum atomic E-state index is 13.4. The number of ether oxygens (including phenoxy) is 1. The molecule has 5 nitrogen and oxygen atoms in total. The third-order valence-electron chi connectivity index (χ3n) is 5.16. The number of hydrogen-bond acceptors (Lipinski definition) is 6. The number of amides is 1. The van der Waals surface area contributed by atoms with E-state index >= 15 is 0 Å². The summed E-state index contributed by atoms with van der Waals surface area (Å²) in [6.07, 6.45) is -0.270. The zero-order valence-corrected chi connectivity index (χ0v) is 17.4. The van der Waals surface area contributed by atoms with Crippen LogP contribution in [0.2, 0.25) is 0 Å².